The summed E-state index contributed by atoms with van der Waals surface area (Å²) in [7, 11) is 3.49. The summed E-state index contributed by atoms with van der Waals surface area (Å²) in [6.45, 7) is 4.09. The van der Waals surface area contributed by atoms with Crippen LogP contribution in [0, 0.1) is 12.3 Å². The monoisotopic (exact) mass is 489 g/mol. The van der Waals surface area contributed by atoms with Crippen LogP contribution in [-0.4, -0.2) is 50.7 Å². The summed E-state index contributed by atoms with van der Waals surface area (Å²) in [5.74, 6) is 1.25. The van der Waals surface area contributed by atoms with Crippen molar-refractivity contribution in [3.8, 4) is 0 Å². The normalized spacial score (nSPS) is 15.3. The minimum atomic E-state index is -0.0680. The number of anilines is 1. The van der Waals surface area contributed by atoms with Crippen molar-refractivity contribution >= 4 is 41.7 Å². The number of aromatic nitrogens is 1. The zero-order valence-electron chi connectivity index (χ0n) is 16.5. The van der Waals surface area contributed by atoms with Crippen molar-refractivity contribution in [3.05, 3.63) is 23.9 Å². The van der Waals surface area contributed by atoms with E-state index in [1.807, 2.05) is 19.1 Å². The van der Waals surface area contributed by atoms with E-state index in [1.54, 1.807) is 20.2 Å². The second-order valence-corrected chi connectivity index (χ2v) is 6.91. The fourth-order valence-corrected chi connectivity index (χ4v) is 3.11. The minimum Gasteiger partial charge on any atom is -0.385 e. The van der Waals surface area contributed by atoms with Gasteiger partial charge in [0.1, 0.15) is 5.82 Å². The Morgan fingerprint density at radius 1 is 1.33 bits per heavy atom. The Labute approximate surface area is 179 Å². The van der Waals surface area contributed by atoms with E-state index in [9.17, 15) is 4.79 Å². The predicted molar refractivity (Wildman–Crippen MR) is 120 cm³/mol. The second kappa shape index (κ2) is 12.1. The number of methoxy groups -OCH3 is 1. The number of amides is 1. The molecular formula is C19H32IN5O2. The number of ether oxygens (including phenoxy) is 1. The predicted octanol–water partition coefficient (Wildman–Crippen LogP) is 2.71. The molecule has 1 saturated carbocycles. The lowest BCUT2D eigenvalue weighted by molar-refractivity contribution is -0.116. The van der Waals surface area contributed by atoms with Gasteiger partial charge in [0.2, 0.25) is 5.91 Å². The van der Waals surface area contributed by atoms with E-state index < -0.39 is 0 Å². The average Bonchev–Trinajstić information content (AvgIpc) is 2.58. The Balaban J connectivity index is 0.00000364. The number of carbonyl (C=O) groups is 1. The highest BCUT2D eigenvalue weighted by atomic mass is 127. The van der Waals surface area contributed by atoms with Crippen LogP contribution in [-0.2, 0) is 9.53 Å². The Bertz CT molecular complexity index is 620. The summed E-state index contributed by atoms with van der Waals surface area (Å²) in [4.78, 5) is 20.5. The minimum absolute atomic E-state index is 0. The van der Waals surface area contributed by atoms with Crippen LogP contribution in [0.25, 0.3) is 0 Å². The van der Waals surface area contributed by atoms with E-state index in [4.69, 9.17) is 4.74 Å². The number of hydrogen-bond acceptors (Lipinski definition) is 4. The summed E-state index contributed by atoms with van der Waals surface area (Å²) >= 11 is 0. The average molecular weight is 489 g/mol. The van der Waals surface area contributed by atoms with Crippen LogP contribution in [0.4, 0.5) is 5.82 Å². The first-order valence-electron chi connectivity index (χ1n) is 9.24. The lowest BCUT2D eigenvalue weighted by atomic mass is 9.67. The summed E-state index contributed by atoms with van der Waals surface area (Å²) in [5, 5.41) is 9.40. The first-order valence-corrected chi connectivity index (χ1v) is 9.24. The molecule has 1 aromatic heterocycles. The molecule has 7 nitrogen and oxygen atoms in total. The molecule has 0 atom stereocenters. The van der Waals surface area contributed by atoms with Crippen molar-refractivity contribution in [2.75, 3.05) is 39.2 Å². The smallest absolute Gasteiger partial charge is 0.227 e. The second-order valence-electron chi connectivity index (χ2n) is 6.91. The fourth-order valence-electron chi connectivity index (χ4n) is 3.11. The quantitative estimate of drug-likeness (QED) is 0.282. The summed E-state index contributed by atoms with van der Waals surface area (Å²) in [6.07, 6.45) is 5.16. The van der Waals surface area contributed by atoms with Crippen LogP contribution in [0.1, 0.15) is 37.8 Å². The van der Waals surface area contributed by atoms with Gasteiger partial charge in [0, 0.05) is 46.0 Å². The molecule has 1 heterocycles. The number of aliphatic imine (C=N–C) groups is 1. The molecule has 1 aromatic rings. The van der Waals surface area contributed by atoms with E-state index in [1.165, 1.54) is 19.3 Å². The number of guanidine groups is 1. The van der Waals surface area contributed by atoms with Gasteiger partial charge in [-0.3, -0.25) is 9.79 Å². The molecule has 0 radical (unpaired) electrons. The maximum absolute atomic E-state index is 12.0. The zero-order valence-corrected chi connectivity index (χ0v) is 18.8. The van der Waals surface area contributed by atoms with Gasteiger partial charge in [0.15, 0.2) is 5.96 Å². The first-order chi connectivity index (χ1) is 12.6. The lowest BCUT2D eigenvalue weighted by Gasteiger charge is -2.42. The van der Waals surface area contributed by atoms with Crippen molar-refractivity contribution in [1.82, 2.24) is 15.6 Å². The maximum atomic E-state index is 12.0. The van der Waals surface area contributed by atoms with Gasteiger partial charge >= 0.3 is 0 Å². The SMILES string of the molecule is CN=C(NCCC(=O)Nc1cccc(C)n1)NCC1(CCOC)CCC1.I. The van der Waals surface area contributed by atoms with Gasteiger partial charge in [-0.2, -0.15) is 0 Å². The van der Waals surface area contributed by atoms with Gasteiger partial charge in [-0.25, -0.2) is 4.98 Å². The molecule has 3 N–H and O–H groups in total. The van der Waals surface area contributed by atoms with Crippen molar-refractivity contribution in [3.63, 3.8) is 0 Å². The molecule has 8 heteroatoms. The van der Waals surface area contributed by atoms with Gasteiger partial charge in [0.05, 0.1) is 0 Å². The maximum Gasteiger partial charge on any atom is 0.227 e. The number of aryl methyl sites for hydroxylation is 1. The third-order valence-electron chi connectivity index (χ3n) is 4.91. The molecule has 0 saturated heterocycles. The number of pyridine rings is 1. The Kier molecular flexibility index (Phi) is 10.6. The number of hydrogen-bond donors (Lipinski definition) is 3. The van der Waals surface area contributed by atoms with Gasteiger partial charge in [-0.05, 0) is 43.7 Å². The topological polar surface area (TPSA) is 87.6 Å². The van der Waals surface area contributed by atoms with E-state index in [2.05, 4.69) is 25.9 Å². The first kappa shape index (κ1) is 23.6. The van der Waals surface area contributed by atoms with Gasteiger partial charge in [0.25, 0.3) is 0 Å². The van der Waals surface area contributed by atoms with E-state index >= 15 is 0 Å². The standard InChI is InChI=1S/C19H31N5O2.HI/c1-15-6-4-7-16(23-15)24-17(25)8-12-21-18(20-2)22-14-19(9-5-10-19)11-13-26-3;/h4,6-7H,5,8-14H2,1-3H3,(H2,20,21,22)(H,23,24,25);1H. The van der Waals surface area contributed by atoms with E-state index in [-0.39, 0.29) is 29.9 Å². The number of carbonyl (C=O) groups excluding carboxylic acids is 1. The molecule has 1 amide bonds. The van der Waals surface area contributed by atoms with Crippen molar-refractivity contribution < 1.29 is 9.53 Å². The molecule has 0 spiro atoms. The number of rotatable bonds is 9. The van der Waals surface area contributed by atoms with Crippen molar-refractivity contribution in [2.24, 2.45) is 10.4 Å². The molecule has 152 valence electrons. The van der Waals surface area contributed by atoms with Crippen LogP contribution in [0.5, 0.6) is 0 Å². The number of halogens is 1. The highest BCUT2D eigenvalue weighted by molar-refractivity contribution is 14.0. The molecule has 0 unspecified atom stereocenters. The van der Waals surface area contributed by atoms with Crippen LogP contribution < -0.4 is 16.0 Å². The van der Waals surface area contributed by atoms with E-state index in [0.29, 0.717) is 24.2 Å². The summed E-state index contributed by atoms with van der Waals surface area (Å²) in [5.41, 5.74) is 1.20. The Morgan fingerprint density at radius 2 is 2.11 bits per heavy atom. The van der Waals surface area contributed by atoms with Crippen molar-refractivity contribution in [2.45, 2.75) is 39.0 Å². The van der Waals surface area contributed by atoms with Crippen LogP contribution in [0.2, 0.25) is 0 Å². The van der Waals surface area contributed by atoms with Crippen LogP contribution >= 0.6 is 24.0 Å². The van der Waals surface area contributed by atoms with Gasteiger partial charge in [-0.15, -0.1) is 24.0 Å². The zero-order chi connectivity index (χ0) is 18.8. The third-order valence-corrected chi connectivity index (χ3v) is 4.91. The largest absolute Gasteiger partial charge is 0.385 e. The fraction of sp³-hybridized carbons (Fsp3) is 0.632. The molecular weight excluding hydrogens is 457 g/mol. The van der Waals surface area contributed by atoms with Crippen LogP contribution in [0.3, 0.4) is 0 Å². The van der Waals surface area contributed by atoms with Gasteiger partial charge in [-0.1, -0.05) is 12.5 Å². The van der Waals surface area contributed by atoms with Gasteiger partial charge < -0.3 is 20.7 Å². The molecule has 0 aromatic carbocycles. The summed E-state index contributed by atoms with van der Waals surface area (Å²) < 4.78 is 5.23. The number of nitrogens with one attached hydrogen (secondary N) is 3. The molecule has 0 aliphatic heterocycles. The summed E-state index contributed by atoms with van der Waals surface area (Å²) in [6, 6.07) is 5.56. The molecule has 1 aliphatic carbocycles. The highest BCUT2D eigenvalue weighted by Gasteiger charge is 2.36. The Hall–Kier alpha value is -1.42. The Morgan fingerprint density at radius 3 is 2.70 bits per heavy atom. The lowest BCUT2D eigenvalue weighted by Crippen LogP contribution is -2.47. The molecule has 2 rings (SSSR count). The molecule has 27 heavy (non-hydrogen) atoms. The molecule has 1 aliphatic rings. The number of nitrogens with zero attached hydrogens (tertiary/aromatic N) is 2. The molecule has 1 fully saturated rings. The highest BCUT2D eigenvalue weighted by Crippen LogP contribution is 2.43. The van der Waals surface area contributed by atoms with Crippen LogP contribution in [0.15, 0.2) is 23.2 Å². The third kappa shape index (κ3) is 8.00. The molecule has 0 bridgehead atoms. The van der Waals surface area contributed by atoms with E-state index in [0.717, 1.165) is 31.2 Å². The van der Waals surface area contributed by atoms with Crippen molar-refractivity contribution in [1.29, 1.82) is 0 Å².